The number of carbonyl (C=O) groups excluding carboxylic acids is 1. The number of hydrogen-bond donors (Lipinski definition) is 0. The molecule has 2 aliphatic rings. The molecule has 0 N–H and O–H groups in total. The normalized spacial score (nSPS) is 18.2. The van der Waals surface area contributed by atoms with Crippen molar-refractivity contribution in [2.75, 3.05) is 13.1 Å². The molecule has 0 saturated carbocycles. The zero-order valence-electron chi connectivity index (χ0n) is 19.7. The molecule has 1 atom stereocenters. The lowest BCUT2D eigenvalue weighted by Gasteiger charge is -2.30. The minimum absolute atomic E-state index is 0.0642. The van der Waals surface area contributed by atoms with Gasteiger partial charge >= 0.3 is 0 Å². The summed E-state index contributed by atoms with van der Waals surface area (Å²) in [6.45, 7) is 8.46. The average Bonchev–Trinajstić information content (AvgIpc) is 3.26. The molecular weight excluding hydrogens is 406 g/mol. The number of hydrogen-bond acceptors (Lipinski definition) is 3. The fourth-order valence-corrected chi connectivity index (χ4v) is 5.11. The van der Waals surface area contributed by atoms with Crippen molar-refractivity contribution in [1.82, 2.24) is 9.91 Å². The SMILES string of the molecule is Cc1ccc(C)c(C2=NN(C(=O)CN3CCc4ccccc4C3)C(c3ccccc3C)C2)c1. The van der Waals surface area contributed by atoms with Crippen LogP contribution in [0, 0.1) is 20.8 Å². The van der Waals surface area contributed by atoms with Crippen molar-refractivity contribution in [2.45, 2.75) is 46.2 Å². The van der Waals surface area contributed by atoms with Crippen molar-refractivity contribution >= 4 is 11.6 Å². The Hall–Kier alpha value is -3.24. The molecule has 2 aliphatic heterocycles. The first-order chi connectivity index (χ1) is 16.0. The predicted molar refractivity (Wildman–Crippen MR) is 133 cm³/mol. The van der Waals surface area contributed by atoms with Gasteiger partial charge in [-0.05, 0) is 61.1 Å². The molecular formula is C29H31N3O. The van der Waals surface area contributed by atoms with E-state index in [2.05, 4.69) is 92.4 Å². The van der Waals surface area contributed by atoms with Crippen LogP contribution in [-0.2, 0) is 17.8 Å². The van der Waals surface area contributed by atoms with Crippen LogP contribution in [0.5, 0.6) is 0 Å². The van der Waals surface area contributed by atoms with Crippen LogP contribution < -0.4 is 0 Å². The van der Waals surface area contributed by atoms with Crippen LogP contribution in [0.2, 0.25) is 0 Å². The van der Waals surface area contributed by atoms with E-state index in [1.54, 1.807) is 5.01 Å². The third-order valence-electron chi connectivity index (χ3n) is 6.99. The Morgan fingerprint density at radius 2 is 1.70 bits per heavy atom. The number of rotatable bonds is 4. The Balaban J connectivity index is 1.44. The summed E-state index contributed by atoms with van der Waals surface area (Å²) in [5.74, 6) is 0.0722. The summed E-state index contributed by atoms with van der Waals surface area (Å²) in [6.07, 6.45) is 1.73. The maximum Gasteiger partial charge on any atom is 0.257 e. The van der Waals surface area contributed by atoms with Crippen LogP contribution in [0.15, 0.2) is 71.8 Å². The first kappa shape index (κ1) is 21.6. The van der Waals surface area contributed by atoms with Gasteiger partial charge in [-0.2, -0.15) is 5.10 Å². The number of carbonyl (C=O) groups is 1. The molecule has 3 aromatic rings. The van der Waals surface area contributed by atoms with Crippen LogP contribution in [-0.4, -0.2) is 34.6 Å². The zero-order chi connectivity index (χ0) is 22.9. The van der Waals surface area contributed by atoms with Crippen LogP contribution in [0.25, 0.3) is 0 Å². The van der Waals surface area contributed by atoms with Crippen molar-refractivity contribution in [2.24, 2.45) is 5.10 Å². The van der Waals surface area contributed by atoms with Gasteiger partial charge in [0.15, 0.2) is 0 Å². The monoisotopic (exact) mass is 437 g/mol. The second-order valence-corrected chi connectivity index (χ2v) is 9.41. The molecule has 4 nitrogen and oxygen atoms in total. The summed E-state index contributed by atoms with van der Waals surface area (Å²) in [7, 11) is 0. The third kappa shape index (κ3) is 4.36. The van der Waals surface area contributed by atoms with Crippen molar-refractivity contribution in [1.29, 1.82) is 0 Å². The lowest BCUT2D eigenvalue weighted by Crippen LogP contribution is -2.40. The largest absolute Gasteiger partial charge is 0.290 e. The minimum atomic E-state index is -0.0642. The molecule has 2 heterocycles. The number of aryl methyl sites for hydroxylation is 3. The van der Waals surface area contributed by atoms with Crippen molar-refractivity contribution in [3.05, 3.63) is 106 Å². The van der Waals surface area contributed by atoms with Crippen LogP contribution in [0.4, 0.5) is 0 Å². The quantitative estimate of drug-likeness (QED) is 0.552. The number of nitrogens with zero attached hydrogens (tertiary/aromatic N) is 3. The first-order valence-corrected chi connectivity index (χ1v) is 11.8. The van der Waals surface area contributed by atoms with Crippen LogP contribution in [0.1, 0.15) is 51.4 Å². The van der Waals surface area contributed by atoms with Gasteiger partial charge in [0.05, 0.1) is 18.3 Å². The number of hydrazone groups is 1. The molecule has 0 bridgehead atoms. The smallest absolute Gasteiger partial charge is 0.257 e. The van der Waals surface area contributed by atoms with Gasteiger partial charge in [0.2, 0.25) is 0 Å². The van der Waals surface area contributed by atoms with E-state index in [-0.39, 0.29) is 11.9 Å². The maximum absolute atomic E-state index is 13.6. The van der Waals surface area contributed by atoms with Crippen LogP contribution in [0.3, 0.4) is 0 Å². The van der Waals surface area contributed by atoms with Gasteiger partial charge in [-0.25, -0.2) is 5.01 Å². The summed E-state index contributed by atoms with van der Waals surface area (Å²) in [6, 6.07) is 23.3. The lowest BCUT2D eigenvalue weighted by atomic mass is 9.93. The van der Waals surface area contributed by atoms with Gasteiger partial charge in [0, 0.05) is 25.1 Å². The molecule has 0 aliphatic carbocycles. The Morgan fingerprint density at radius 3 is 2.52 bits per heavy atom. The molecule has 0 saturated heterocycles. The van der Waals surface area contributed by atoms with Gasteiger partial charge < -0.3 is 0 Å². The molecule has 1 unspecified atom stereocenters. The number of benzene rings is 3. The van der Waals surface area contributed by atoms with Gasteiger partial charge in [-0.15, -0.1) is 0 Å². The molecule has 168 valence electrons. The number of amides is 1. The summed E-state index contributed by atoms with van der Waals surface area (Å²) in [5.41, 5.74) is 9.66. The molecule has 33 heavy (non-hydrogen) atoms. The molecule has 0 spiro atoms. The summed E-state index contributed by atoms with van der Waals surface area (Å²) >= 11 is 0. The van der Waals surface area contributed by atoms with Gasteiger partial charge in [0.1, 0.15) is 0 Å². The van der Waals surface area contributed by atoms with E-state index in [1.807, 2.05) is 0 Å². The number of fused-ring (bicyclic) bond motifs is 1. The Bertz CT molecular complexity index is 1230. The molecule has 3 aromatic carbocycles. The highest BCUT2D eigenvalue weighted by molar-refractivity contribution is 6.04. The van der Waals surface area contributed by atoms with E-state index < -0.39 is 0 Å². The Labute approximate surface area is 196 Å². The molecule has 5 rings (SSSR count). The highest BCUT2D eigenvalue weighted by Gasteiger charge is 2.35. The van der Waals surface area contributed by atoms with E-state index in [0.717, 1.165) is 37.2 Å². The predicted octanol–water partition coefficient (Wildman–Crippen LogP) is 5.35. The second-order valence-electron chi connectivity index (χ2n) is 9.41. The van der Waals surface area contributed by atoms with E-state index >= 15 is 0 Å². The van der Waals surface area contributed by atoms with Crippen molar-refractivity contribution < 1.29 is 4.79 Å². The van der Waals surface area contributed by atoms with Gasteiger partial charge in [-0.3, -0.25) is 9.69 Å². The first-order valence-electron chi connectivity index (χ1n) is 11.8. The summed E-state index contributed by atoms with van der Waals surface area (Å²) in [5, 5.41) is 6.71. The fraction of sp³-hybridized carbons (Fsp3) is 0.310. The van der Waals surface area contributed by atoms with Gasteiger partial charge in [-0.1, -0.05) is 66.2 Å². The van der Waals surface area contributed by atoms with Crippen molar-refractivity contribution in [3.8, 4) is 0 Å². The maximum atomic E-state index is 13.6. The molecule has 0 radical (unpaired) electrons. The van der Waals surface area contributed by atoms with E-state index in [9.17, 15) is 4.79 Å². The van der Waals surface area contributed by atoms with Gasteiger partial charge in [0.25, 0.3) is 5.91 Å². The summed E-state index contributed by atoms with van der Waals surface area (Å²) in [4.78, 5) is 15.9. The van der Waals surface area contributed by atoms with E-state index in [0.29, 0.717) is 6.54 Å². The van der Waals surface area contributed by atoms with Crippen molar-refractivity contribution in [3.63, 3.8) is 0 Å². The lowest BCUT2D eigenvalue weighted by molar-refractivity contribution is -0.134. The topological polar surface area (TPSA) is 35.9 Å². The summed E-state index contributed by atoms with van der Waals surface area (Å²) < 4.78 is 0. The zero-order valence-corrected chi connectivity index (χ0v) is 19.7. The molecule has 0 fully saturated rings. The molecule has 4 heteroatoms. The van der Waals surface area contributed by atoms with E-state index in [4.69, 9.17) is 5.10 Å². The third-order valence-corrected chi connectivity index (χ3v) is 6.99. The second kappa shape index (κ2) is 8.95. The Kier molecular flexibility index (Phi) is 5.86. The fourth-order valence-electron chi connectivity index (χ4n) is 5.11. The minimum Gasteiger partial charge on any atom is -0.290 e. The average molecular weight is 438 g/mol. The van der Waals surface area contributed by atoms with Crippen LogP contribution >= 0.6 is 0 Å². The highest BCUT2D eigenvalue weighted by Crippen LogP contribution is 2.35. The molecule has 1 amide bonds. The highest BCUT2D eigenvalue weighted by atomic mass is 16.2. The Morgan fingerprint density at radius 1 is 0.939 bits per heavy atom. The standard InChI is InChI=1S/C29H31N3O/c1-20-12-13-22(3)26(16-20)27-17-28(25-11-7-4-8-21(25)2)32(30-27)29(33)19-31-15-14-23-9-5-6-10-24(23)18-31/h4-13,16,28H,14-15,17-19H2,1-3H3. The van der Waals surface area contributed by atoms with E-state index in [1.165, 1.54) is 33.4 Å². The molecule has 0 aromatic heterocycles.